The first-order chi connectivity index (χ1) is 12.6. The Labute approximate surface area is 157 Å². The first kappa shape index (κ1) is 17.1. The zero-order valence-corrected chi connectivity index (χ0v) is 15.8. The van der Waals surface area contributed by atoms with E-state index in [-0.39, 0.29) is 11.4 Å². The highest BCUT2D eigenvalue weighted by molar-refractivity contribution is 7.99. The van der Waals surface area contributed by atoms with Crippen molar-refractivity contribution in [2.24, 2.45) is 0 Å². The number of rotatable bonds is 2. The van der Waals surface area contributed by atoms with Crippen LogP contribution in [-0.2, 0) is 0 Å². The van der Waals surface area contributed by atoms with E-state index in [1.165, 1.54) is 0 Å². The number of amides is 2. The van der Waals surface area contributed by atoms with Gasteiger partial charge in [-0.15, -0.1) is 11.8 Å². The van der Waals surface area contributed by atoms with Crippen molar-refractivity contribution in [2.75, 3.05) is 30.8 Å². The van der Waals surface area contributed by atoms with Gasteiger partial charge in [0.1, 0.15) is 18.6 Å². The smallest absolute Gasteiger partial charge is 0.323 e. The maximum atomic E-state index is 12.9. The van der Waals surface area contributed by atoms with Gasteiger partial charge in [-0.05, 0) is 42.7 Å². The van der Waals surface area contributed by atoms with Crippen LogP contribution in [0.4, 0.5) is 10.5 Å². The molecule has 0 aromatic heterocycles. The molecule has 1 N–H and O–H groups in total. The normalized spacial score (nSPS) is 18.7. The number of thioether (sulfide) groups is 1. The molecule has 2 amide bonds. The molecular weight excluding hydrogens is 348 g/mol. The zero-order valence-electron chi connectivity index (χ0n) is 15.0. The average molecular weight is 370 g/mol. The topological polar surface area (TPSA) is 50.8 Å². The third-order valence-electron chi connectivity index (χ3n) is 4.72. The second kappa shape index (κ2) is 7.11. The number of carbonyl (C=O) groups is 1. The van der Waals surface area contributed by atoms with E-state index in [4.69, 9.17) is 9.47 Å². The molecule has 6 heteroatoms. The zero-order chi connectivity index (χ0) is 18.1. The van der Waals surface area contributed by atoms with Crippen LogP contribution >= 0.6 is 11.8 Å². The third kappa shape index (κ3) is 3.21. The molecule has 5 nitrogen and oxygen atoms in total. The van der Waals surface area contributed by atoms with Crippen LogP contribution in [-0.4, -0.2) is 36.4 Å². The molecule has 0 radical (unpaired) electrons. The molecule has 2 aliphatic rings. The van der Waals surface area contributed by atoms with Crippen molar-refractivity contribution in [1.29, 1.82) is 0 Å². The lowest BCUT2D eigenvalue weighted by atomic mass is 10.1. The summed E-state index contributed by atoms with van der Waals surface area (Å²) in [6.07, 6.45) is 0. The molecule has 1 fully saturated rings. The quantitative estimate of drug-likeness (QED) is 0.854. The van der Waals surface area contributed by atoms with E-state index in [2.05, 4.69) is 5.32 Å². The van der Waals surface area contributed by atoms with Crippen molar-refractivity contribution in [3.8, 4) is 11.5 Å². The Bertz CT molecular complexity index is 820. The largest absolute Gasteiger partial charge is 0.486 e. The predicted molar refractivity (Wildman–Crippen MR) is 104 cm³/mol. The van der Waals surface area contributed by atoms with E-state index in [1.54, 1.807) is 11.8 Å². The van der Waals surface area contributed by atoms with Gasteiger partial charge in [-0.2, -0.15) is 0 Å². The maximum Gasteiger partial charge on any atom is 0.323 e. The molecule has 26 heavy (non-hydrogen) atoms. The van der Waals surface area contributed by atoms with E-state index in [0.717, 1.165) is 46.2 Å². The molecule has 2 aromatic rings. The van der Waals surface area contributed by atoms with Gasteiger partial charge in [0.25, 0.3) is 0 Å². The summed E-state index contributed by atoms with van der Waals surface area (Å²) in [6, 6.07) is 11.9. The predicted octanol–water partition coefficient (Wildman–Crippen LogP) is 4.35. The minimum Gasteiger partial charge on any atom is -0.486 e. The Balaban J connectivity index is 1.56. The number of anilines is 1. The lowest BCUT2D eigenvalue weighted by Crippen LogP contribution is -2.34. The SMILES string of the molecule is Cc1cccc(C)c1NC(=O)N1CCSC1c1ccc2c(c1)OCCO2. The summed E-state index contributed by atoms with van der Waals surface area (Å²) in [5, 5.41) is 3.08. The van der Waals surface area contributed by atoms with Crippen LogP contribution in [0.5, 0.6) is 11.5 Å². The molecule has 0 bridgehead atoms. The van der Waals surface area contributed by atoms with E-state index in [0.29, 0.717) is 13.2 Å². The van der Waals surface area contributed by atoms with Crippen molar-refractivity contribution in [3.05, 3.63) is 53.1 Å². The Morgan fingerprint density at radius 2 is 1.85 bits per heavy atom. The number of fused-ring (bicyclic) bond motifs is 1. The van der Waals surface area contributed by atoms with E-state index >= 15 is 0 Å². The fourth-order valence-corrected chi connectivity index (χ4v) is 4.60. The highest BCUT2D eigenvalue weighted by atomic mass is 32.2. The highest BCUT2D eigenvalue weighted by Gasteiger charge is 2.32. The molecular formula is C20H22N2O3S. The second-order valence-electron chi connectivity index (χ2n) is 6.52. The summed E-state index contributed by atoms with van der Waals surface area (Å²) in [5.74, 6) is 2.45. The third-order valence-corrected chi connectivity index (χ3v) is 5.98. The molecule has 0 aliphatic carbocycles. The molecule has 136 valence electrons. The monoisotopic (exact) mass is 370 g/mol. The second-order valence-corrected chi connectivity index (χ2v) is 7.70. The van der Waals surface area contributed by atoms with Gasteiger partial charge in [0.05, 0.1) is 0 Å². The summed E-state index contributed by atoms with van der Waals surface area (Å²) >= 11 is 1.77. The van der Waals surface area contributed by atoms with Crippen LogP contribution in [0.3, 0.4) is 0 Å². The number of para-hydroxylation sites is 1. The molecule has 1 saturated heterocycles. The number of urea groups is 1. The van der Waals surface area contributed by atoms with Crippen molar-refractivity contribution >= 4 is 23.5 Å². The van der Waals surface area contributed by atoms with Crippen LogP contribution in [0.25, 0.3) is 0 Å². The lowest BCUT2D eigenvalue weighted by molar-refractivity contribution is 0.171. The van der Waals surface area contributed by atoms with Crippen LogP contribution in [0.2, 0.25) is 0 Å². The van der Waals surface area contributed by atoms with E-state index in [9.17, 15) is 4.79 Å². The highest BCUT2D eigenvalue weighted by Crippen LogP contribution is 2.42. The summed E-state index contributed by atoms with van der Waals surface area (Å²) in [4.78, 5) is 14.8. The Morgan fingerprint density at radius 1 is 1.12 bits per heavy atom. The van der Waals surface area contributed by atoms with Crippen LogP contribution < -0.4 is 14.8 Å². The van der Waals surface area contributed by atoms with Crippen LogP contribution in [0, 0.1) is 13.8 Å². The first-order valence-corrected chi connectivity index (χ1v) is 9.83. The Hall–Kier alpha value is -2.34. The van der Waals surface area contributed by atoms with Gasteiger partial charge in [-0.25, -0.2) is 4.79 Å². The number of benzene rings is 2. The molecule has 0 spiro atoms. The number of aryl methyl sites for hydroxylation is 2. The van der Waals surface area contributed by atoms with Crippen molar-refractivity contribution in [1.82, 2.24) is 4.90 Å². The molecule has 0 saturated carbocycles. The van der Waals surface area contributed by atoms with Crippen LogP contribution in [0.15, 0.2) is 36.4 Å². The molecule has 2 aromatic carbocycles. The van der Waals surface area contributed by atoms with Crippen molar-refractivity contribution < 1.29 is 14.3 Å². The van der Waals surface area contributed by atoms with Gasteiger partial charge in [-0.1, -0.05) is 24.3 Å². The van der Waals surface area contributed by atoms with Crippen molar-refractivity contribution in [2.45, 2.75) is 19.2 Å². The Morgan fingerprint density at radius 3 is 2.62 bits per heavy atom. The number of hydrogen-bond acceptors (Lipinski definition) is 4. The summed E-state index contributed by atoms with van der Waals surface area (Å²) in [7, 11) is 0. The summed E-state index contributed by atoms with van der Waals surface area (Å²) in [6.45, 7) is 5.89. The maximum absolute atomic E-state index is 12.9. The molecule has 4 rings (SSSR count). The summed E-state index contributed by atoms with van der Waals surface area (Å²) < 4.78 is 11.3. The van der Waals surface area contributed by atoms with Gasteiger partial charge in [0.2, 0.25) is 0 Å². The van der Waals surface area contributed by atoms with Gasteiger partial charge < -0.3 is 19.7 Å². The number of carbonyl (C=O) groups excluding carboxylic acids is 1. The standard InChI is InChI=1S/C20H22N2O3S/c1-13-4-3-5-14(2)18(13)21-20(23)22-8-11-26-19(22)15-6-7-16-17(12-15)25-10-9-24-16/h3-7,12,19H,8-11H2,1-2H3,(H,21,23). The van der Waals surface area contributed by atoms with Gasteiger partial charge in [0, 0.05) is 18.0 Å². The van der Waals surface area contributed by atoms with Crippen molar-refractivity contribution in [3.63, 3.8) is 0 Å². The molecule has 2 aliphatic heterocycles. The fraction of sp³-hybridized carbons (Fsp3) is 0.350. The minimum atomic E-state index is -0.0627. The number of ether oxygens (including phenoxy) is 2. The average Bonchev–Trinajstić information content (AvgIpc) is 3.14. The first-order valence-electron chi connectivity index (χ1n) is 8.78. The number of nitrogens with zero attached hydrogens (tertiary/aromatic N) is 1. The number of nitrogens with one attached hydrogen (secondary N) is 1. The van der Waals surface area contributed by atoms with Gasteiger partial charge in [-0.3, -0.25) is 0 Å². The van der Waals surface area contributed by atoms with Gasteiger partial charge >= 0.3 is 6.03 Å². The Kier molecular flexibility index (Phi) is 4.68. The lowest BCUT2D eigenvalue weighted by Gasteiger charge is -2.26. The minimum absolute atomic E-state index is 0.0184. The van der Waals surface area contributed by atoms with E-state index in [1.807, 2.05) is 55.1 Å². The molecule has 1 unspecified atom stereocenters. The molecule has 1 atom stereocenters. The number of hydrogen-bond donors (Lipinski definition) is 1. The van der Waals surface area contributed by atoms with E-state index < -0.39 is 0 Å². The van der Waals surface area contributed by atoms with Crippen LogP contribution in [0.1, 0.15) is 22.1 Å². The molecule has 2 heterocycles. The van der Waals surface area contributed by atoms with Gasteiger partial charge in [0.15, 0.2) is 11.5 Å². The summed E-state index contributed by atoms with van der Waals surface area (Å²) in [5.41, 5.74) is 4.10. The fourth-order valence-electron chi connectivity index (χ4n) is 3.36.